The lowest BCUT2D eigenvalue weighted by molar-refractivity contribution is -0.142. The van der Waals surface area contributed by atoms with Gasteiger partial charge in [0.25, 0.3) is 0 Å². The third-order valence-electron chi connectivity index (χ3n) is 5.88. The SMILES string of the molecule is CCOCCC(=O)N1CCC[C@@]2(CN(Cc3cccc(F)c3)CC[C@H]2O)C1. The van der Waals surface area contributed by atoms with E-state index in [9.17, 15) is 14.3 Å². The van der Waals surface area contributed by atoms with Crippen molar-refractivity contribution in [3.63, 3.8) is 0 Å². The molecule has 0 unspecified atom stereocenters. The molecule has 150 valence electrons. The zero-order chi connectivity index (χ0) is 19.3. The summed E-state index contributed by atoms with van der Waals surface area (Å²) >= 11 is 0. The lowest BCUT2D eigenvalue weighted by Crippen LogP contribution is -2.59. The lowest BCUT2D eigenvalue weighted by Gasteiger charge is -2.51. The number of carbonyl (C=O) groups excluding carboxylic acids is 1. The molecule has 0 radical (unpaired) electrons. The van der Waals surface area contributed by atoms with E-state index in [0.717, 1.165) is 38.0 Å². The van der Waals surface area contributed by atoms with Crippen LogP contribution in [-0.2, 0) is 16.1 Å². The van der Waals surface area contributed by atoms with Crippen LogP contribution in [0.3, 0.4) is 0 Å². The fourth-order valence-corrected chi connectivity index (χ4v) is 4.51. The van der Waals surface area contributed by atoms with E-state index < -0.39 is 6.10 Å². The predicted octanol–water partition coefficient (Wildman–Crippen LogP) is 2.43. The van der Waals surface area contributed by atoms with Crippen LogP contribution in [0.25, 0.3) is 0 Å². The zero-order valence-corrected chi connectivity index (χ0v) is 16.2. The Hall–Kier alpha value is -1.50. The van der Waals surface area contributed by atoms with Gasteiger partial charge in [-0.3, -0.25) is 9.69 Å². The molecule has 1 aromatic carbocycles. The standard InChI is InChI=1S/C21H31FN2O3/c1-2-27-12-8-20(26)24-10-4-9-21(16-24)15-23(11-7-19(21)25)14-17-5-3-6-18(22)13-17/h3,5-6,13,19,25H,2,4,7-12,14-16H2,1H3/t19-,21-/m1/s1. The maximum atomic E-state index is 13.5. The maximum Gasteiger partial charge on any atom is 0.224 e. The molecule has 0 aromatic heterocycles. The smallest absolute Gasteiger partial charge is 0.224 e. The van der Waals surface area contributed by atoms with Crippen molar-refractivity contribution in [3.05, 3.63) is 35.6 Å². The Labute approximate surface area is 161 Å². The highest BCUT2D eigenvalue weighted by Gasteiger charge is 2.46. The second kappa shape index (κ2) is 9.13. The summed E-state index contributed by atoms with van der Waals surface area (Å²) in [7, 11) is 0. The first-order valence-corrected chi connectivity index (χ1v) is 10.0. The zero-order valence-electron chi connectivity index (χ0n) is 16.2. The molecule has 2 aliphatic rings. The van der Waals surface area contributed by atoms with Crippen molar-refractivity contribution in [2.75, 3.05) is 39.4 Å². The van der Waals surface area contributed by atoms with Crippen LogP contribution in [0, 0.1) is 11.2 Å². The van der Waals surface area contributed by atoms with E-state index in [1.807, 2.05) is 17.9 Å². The van der Waals surface area contributed by atoms with E-state index in [2.05, 4.69) is 4.90 Å². The van der Waals surface area contributed by atoms with Crippen molar-refractivity contribution in [2.45, 2.75) is 45.3 Å². The highest BCUT2D eigenvalue weighted by molar-refractivity contribution is 5.76. The first-order chi connectivity index (χ1) is 13.0. The second-order valence-corrected chi connectivity index (χ2v) is 7.87. The van der Waals surface area contributed by atoms with Gasteiger partial charge in [0.05, 0.1) is 19.1 Å². The van der Waals surface area contributed by atoms with Crippen LogP contribution in [0.2, 0.25) is 0 Å². The van der Waals surface area contributed by atoms with Gasteiger partial charge >= 0.3 is 0 Å². The molecule has 2 fully saturated rings. The molecule has 2 heterocycles. The average Bonchev–Trinajstić information content (AvgIpc) is 2.65. The summed E-state index contributed by atoms with van der Waals surface area (Å²) in [6.07, 6.45) is 2.51. The number of benzene rings is 1. The van der Waals surface area contributed by atoms with Gasteiger partial charge in [-0.1, -0.05) is 12.1 Å². The Morgan fingerprint density at radius 2 is 2.22 bits per heavy atom. The van der Waals surface area contributed by atoms with Gasteiger partial charge in [0.15, 0.2) is 0 Å². The van der Waals surface area contributed by atoms with Crippen molar-refractivity contribution < 1.29 is 19.0 Å². The molecule has 0 aliphatic carbocycles. The summed E-state index contributed by atoms with van der Waals surface area (Å²) in [5, 5.41) is 10.8. The second-order valence-electron chi connectivity index (χ2n) is 7.87. The number of amides is 1. The first kappa shape index (κ1) is 20.2. The molecule has 1 spiro atoms. The summed E-state index contributed by atoms with van der Waals surface area (Å²) in [5.41, 5.74) is 0.660. The van der Waals surface area contributed by atoms with E-state index in [0.29, 0.717) is 39.1 Å². The number of likely N-dealkylation sites (tertiary alicyclic amines) is 2. The van der Waals surface area contributed by atoms with Gasteiger partial charge in [0, 0.05) is 44.7 Å². The van der Waals surface area contributed by atoms with Crippen LogP contribution in [0.15, 0.2) is 24.3 Å². The van der Waals surface area contributed by atoms with Gasteiger partial charge in [-0.15, -0.1) is 0 Å². The van der Waals surface area contributed by atoms with E-state index in [-0.39, 0.29) is 17.1 Å². The van der Waals surface area contributed by atoms with E-state index >= 15 is 0 Å². The minimum atomic E-state index is -0.399. The van der Waals surface area contributed by atoms with Crippen molar-refractivity contribution in [1.82, 2.24) is 9.80 Å². The van der Waals surface area contributed by atoms with Gasteiger partial charge in [0.2, 0.25) is 5.91 Å². The van der Waals surface area contributed by atoms with Crippen molar-refractivity contribution >= 4 is 5.91 Å². The van der Waals surface area contributed by atoms with Gasteiger partial charge in [-0.05, 0) is 43.9 Å². The topological polar surface area (TPSA) is 53.0 Å². The van der Waals surface area contributed by atoms with Gasteiger partial charge in [0.1, 0.15) is 5.82 Å². The molecule has 2 aliphatic heterocycles. The summed E-state index contributed by atoms with van der Waals surface area (Å²) in [5.74, 6) is -0.111. The number of piperidine rings is 2. The molecule has 27 heavy (non-hydrogen) atoms. The first-order valence-electron chi connectivity index (χ1n) is 10.0. The van der Waals surface area contributed by atoms with Crippen molar-refractivity contribution in [1.29, 1.82) is 0 Å². The number of hydrogen-bond donors (Lipinski definition) is 1. The molecule has 1 aromatic rings. The molecule has 3 rings (SSSR count). The van der Waals surface area contributed by atoms with Crippen LogP contribution in [0.5, 0.6) is 0 Å². The Morgan fingerprint density at radius 3 is 3.00 bits per heavy atom. The third-order valence-corrected chi connectivity index (χ3v) is 5.88. The lowest BCUT2D eigenvalue weighted by atomic mass is 9.71. The van der Waals surface area contributed by atoms with E-state index in [4.69, 9.17) is 4.74 Å². The van der Waals surface area contributed by atoms with E-state index in [1.54, 1.807) is 12.1 Å². The van der Waals surface area contributed by atoms with Gasteiger partial charge in [-0.2, -0.15) is 0 Å². The Bertz CT molecular complexity index is 642. The largest absolute Gasteiger partial charge is 0.392 e. The number of hydrogen-bond acceptors (Lipinski definition) is 4. The minimum Gasteiger partial charge on any atom is -0.392 e. The van der Waals surface area contributed by atoms with Gasteiger partial charge in [-0.25, -0.2) is 4.39 Å². The van der Waals surface area contributed by atoms with Crippen molar-refractivity contribution in [2.24, 2.45) is 5.41 Å². The van der Waals surface area contributed by atoms with Crippen molar-refractivity contribution in [3.8, 4) is 0 Å². The van der Waals surface area contributed by atoms with Crippen LogP contribution in [0.1, 0.15) is 38.2 Å². The number of ether oxygens (including phenoxy) is 1. The maximum absolute atomic E-state index is 13.5. The number of aliphatic hydroxyl groups is 1. The minimum absolute atomic E-state index is 0.108. The summed E-state index contributed by atoms with van der Waals surface area (Å²) < 4.78 is 18.8. The number of rotatable bonds is 6. The Balaban J connectivity index is 1.64. The predicted molar refractivity (Wildman–Crippen MR) is 102 cm³/mol. The fraction of sp³-hybridized carbons (Fsp3) is 0.667. The number of aliphatic hydroxyl groups excluding tert-OH is 1. The molecule has 0 bridgehead atoms. The summed E-state index contributed by atoms with van der Waals surface area (Å²) in [4.78, 5) is 16.7. The molecular formula is C21H31FN2O3. The van der Waals surface area contributed by atoms with Gasteiger partial charge < -0.3 is 14.7 Å². The number of nitrogens with zero attached hydrogens (tertiary/aromatic N) is 2. The Morgan fingerprint density at radius 1 is 1.37 bits per heavy atom. The fourth-order valence-electron chi connectivity index (χ4n) is 4.51. The Kier molecular flexibility index (Phi) is 6.84. The third kappa shape index (κ3) is 5.06. The molecule has 1 amide bonds. The molecular weight excluding hydrogens is 347 g/mol. The molecule has 0 saturated carbocycles. The monoisotopic (exact) mass is 378 g/mol. The van der Waals surface area contributed by atoms with Crippen LogP contribution >= 0.6 is 0 Å². The molecule has 2 atom stereocenters. The molecule has 6 heteroatoms. The average molecular weight is 378 g/mol. The number of carbonyl (C=O) groups is 1. The quantitative estimate of drug-likeness (QED) is 0.773. The van der Waals surface area contributed by atoms with Crippen LogP contribution in [0.4, 0.5) is 4.39 Å². The normalized spacial score (nSPS) is 26.5. The molecule has 1 N–H and O–H groups in total. The highest BCUT2D eigenvalue weighted by Crippen LogP contribution is 2.39. The summed E-state index contributed by atoms with van der Waals surface area (Å²) in [6.45, 7) is 6.54. The van der Waals surface area contributed by atoms with Crippen LogP contribution < -0.4 is 0 Å². The molecule has 5 nitrogen and oxygen atoms in total. The highest BCUT2D eigenvalue weighted by atomic mass is 19.1. The summed E-state index contributed by atoms with van der Waals surface area (Å²) in [6, 6.07) is 6.70. The van der Waals surface area contributed by atoms with Crippen LogP contribution in [-0.4, -0.2) is 66.3 Å². The van der Waals surface area contributed by atoms with E-state index in [1.165, 1.54) is 6.07 Å². The number of halogens is 1. The molecule has 2 saturated heterocycles.